The van der Waals surface area contributed by atoms with Gasteiger partial charge in [-0.05, 0) is 24.1 Å². The summed E-state index contributed by atoms with van der Waals surface area (Å²) in [6.07, 6.45) is 13.4. The molecule has 0 saturated carbocycles. The molecule has 0 aliphatic rings. The Morgan fingerprint density at radius 1 is 0.960 bits per heavy atom. The highest BCUT2D eigenvalue weighted by Gasteiger charge is 1.98. The second kappa shape index (κ2) is 14.8. The number of nitrogens with one attached hydrogen (secondary N) is 2. The molecule has 4 heteroatoms. The third kappa shape index (κ3) is 12.5. The van der Waals surface area contributed by atoms with Gasteiger partial charge in [-0.1, -0.05) is 76.8 Å². The van der Waals surface area contributed by atoms with Gasteiger partial charge in [0.25, 0.3) is 0 Å². The Morgan fingerprint density at radius 3 is 2.24 bits per heavy atom. The highest BCUT2D eigenvalue weighted by molar-refractivity contribution is 5.72. The molecular formula is C21H36N2O2. The van der Waals surface area contributed by atoms with Crippen molar-refractivity contribution in [1.82, 2.24) is 10.9 Å². The standard InChI is InChI=1S/C21H36N2O2/c1-3-4-5-6-7-8-9-10-11-12-16-25-21-15-13-14-20(17-21)18-22-23-19(2)24/h13-15,17,22H,3-12,16,18H2,1-2H3,(H,23,24). The molecule has 0 unspecified atom stereocenters. The van der Waals surface area contributed by atoms with Crippen molar-refractivity contribution >= 4 is 5.91 Å². The van der Waals surface area contributed by atoms with Crippen molar-refractivity contribution < 1.29 is 9.53 Å². The maximum atomic E-state index is 10.8. The summed E-state index contributed by atoms with van der Waals surface area (Å²) < 4.78 is 5.83. The fraction of sp³-hybridized carbons (Fsp3) is 0.667. The third-order valence-corrected chi connectivity index (χ3v) is 4.22. The largest absolute Gasteiger partial charge is 0.494 e. The Bertz CT molecular complexity index is 463. The molecule has 0 aliphatic carbocycles. The van der Waals surface area contributed by atoms with E-state index in [4.69, 9.17) is 4.74 Å². The lowest BCUT2D eigenvalue weighted by Crippen LogP contribution is -2.34. The van der Waals surface area contributed by atoms with Gasteiger partial charge < -0.3 is 4.74 Å². The van der Waals surface area contributed by atoms with Crippen LogP contribution in [0.2, 0.25) is 0 Å². The number of unbranched alkanes of at least 4 members (excludes halogenated alkanes) is 9. The highest BCUT2D eigenvalue weighted by atomic mass is 16.5. The van der Waals surface area contributed by atoms with E-state index in [-0.39, 0.29) is 5.91 Å². The molecule has 0 heterocycles. The molecule has 1 amide bonds. The first kappa shape index (κ1) is 21.5. The predicted molar refractivity (Wildman–Crippen MR) is 104 cm³/mol. The number of carbonyl (C=O) groups is 1. The van der Waals surface area contributed by atoms with Crippen LogP contribution < -0.4 is 15.6 Å². The Hall–Kier alpha value is -1.55. The normalized spacial score (nSPS) is 10.6. The quantitative estimate of drug-likeness (QED) is 0.341. The van der Waals surface area contributed by atoms with E-state index in [1.165, 1.54) is 64.7 Å². The fourth-order valence-electron chi connectivity index (χ4n) is 2.80. The molecule has 1 aromatic rings. The lowest BCUT2D eigenvalue weighted by Gasteiger charge is -2.09. The van der Waals surface area contributed by atoms with Gasteiger partial charge in [0, 0.05) is 13.5 Å². The summed E-state index contributed by atoms with van der Waals surface area (Å²) in [7, 11) is 0. The first-order valence-corrected chi connectivity index (χ1v) is 9.93. The Morgan fingerprint density at radius 2 is 1.60 bits per heavy atom. The molecular weight excluding hydrogens is 312 g/mol. The van der Waals surface area contributed by atoms with E-state index < -0.39 is 0 Å². The Kier molecular flexibility index (Phi) is 12.7. The van der Waals surface area contributed by atoms with Crippen LogP contribution >= 0.6 is 0 Å². The number of hydrogen-bond acceptors (Lipinski definition) is 3. The zero-order valence-corrected chi connectivity index (χ0v) is 16.1. The molecule has 0 saturated heterocycles. The van der Waals surface area contributed by atoms with E-state index in [1.807, 2.05) is 24.3 Å². The average molecular weight is 349 g/mol. The molecule has 0 aromatic heterocycles. The van der Waals surface area contributed by atoms with Crippen LogP contribution in [0, 0.1) is 0 Å². The van der Waals surface area contributed by atoms with Crippen molar-refractivity contribution in [2.45, 2.75) is 84.6 Å². The molecule has 0 atom stereocenters. The van der Waals surface area contributed by atoms with Gasteiger partial charge in [-0.3, -0.25) is 10.2 Å². The molecule has 0 aliphatic heterocycles. The van der Waals surface area contributed by atoms with Crippen molar-refractivity contribution in [3.8, 4) is 5.75 Å². The second-order valence-electron chi connectivity index (χ2n) is 6.71. The molecule has 0 fully saturated rings. The number of hydrazine groups is 1. The molecule has 0 radical (unpaired) electrons. The number of carbonyl (C=O) groups excluding carboxylic acids is 1. The Balaban J connectivity index is 2.01. The maximum absolute atomic E-state index is 10.8. The lowest BCUT2D eigenvalue weighted by atomic mass is 10.1. The van der Waals surface area contributed by atoms with Crippen molar-refractivity contribution in [2.75, 3.05) is 6.61 Å². The molecule has 4 nitrogen and oxygen atoms in total. The van der Waals surface area contributed by atoms with E-state index in [2.05, 4.69) is 17.8 Å². The maximum Gasteiger partial charge on any atom is 0.230 e. The minimum Gasteiger partial charge on any atom is -0.494 e. The summed E-state index contributed by atoms with van der Waals surface area (Å²) in [5.74, 6) is 0.811. The summed E-state index contributed by atoms with van der Waals surface area (Å²) in [6.45, 7) is 5.12. The van der Waals surface area contributed by atoms with Gasteiger partial charge in [0.2, 0.25) is 5.91 Å². The molecule has 1 aromatic carbocycles. The number of ether oxygens (including phenoxy) is 1. The molecule has 2 N–H and O–H groups in total. The topological polar surface area (TPSA) is 50.4 Å². The van der Waals surface area contributed by atoms with Gasteiger partial charge in [-0.15, -0.1) is 0 Å². The van der Waals surface area contributed by atoms with Crippen LogP contribution in [-0.4, -0.2) is 12.5 Å². The van der Waals surface area contributed by atoms with Crippen molar-refractivity contribution in [2.24, 2.45) is 0 Å². The molecule has 25 heavy (non-hydrogen) atoms. The van der Waals surface area contributed by atoms with Crippen LogP contribution in [0.5, 0.6) is 5.75 Å². The molecule has 0 spiro atoms. The number of amides is 1. The van der Waals surface area contributed by atoms with Gasteiger partial charge >= 0.3 is 0 Å². The molecule has 142 valence electrons. The zero-order valence-electron chi connectivity index (χ0n) is 16.1. The average Bonchev–Trinajstić information content (AvgIpc) is 2.60. The van der Waals surface area contributed by atoms with Crippen LogP contribution in [-0.2, 0) is 11.3 Å². The summed E-state index contributed by atoms with van der Waals surface area (Å²) in [5, 5.41) is 0. The van der Waals surface area contributed by atoms with Crippen LogP contribution in [0.15, 0.2) is 24.3 Å². The van der Waals surface area contributed by atoms with Crippen LogP contribution in [0.1, 0.15) is 83.6 Å². The van der Waals surface area contributed by atoms with Gasteiger partial charge in [-0.25, -0.2) is 5.43 Å². The van der Waals surface area contributed by atoms with E-state index in [0.717, 1.165) is 24.3 Å². The Labute approximate surface area is 153 Å². The van der Waals surface area contributed by atoms with Gasteiger partial charge in [0.1, 0.15) is 5.75 Å². The minimum atomic E-state index is -0.0895. The van der Waals surface area contributed by atoms with E-state index in [9.17, 15) is 4.79 Å². The van der Waals surface area contributed by atoms with E-state index in [0.29, 0.717) is 6.54 Å². The monoisotopic (exact) mass is 348 g/mol. The van der Waals surface area contributed by atoms with E-state index >= 15 is 0 Å². The lowest BCUT2D eigenvalue weighted by molar-refractivity contribution is -0.119. The van der Waals surface area contributed by atoms with Crippen molar-refractivity contribution in [1.29, 1.82) is 0 Å². The van der Waals surface area contributed by atoms with Crippen LogP contribution in [0.25, 0.3) is 0 Å². The first-order chi connectivity index (χ1) is 12.2. The van der Waals surface area contributed by atoms with Crippen LogP contribution in [0.4, 0.5) is 0 Å². The van der Waals surface area contributed by atoms with Gasteiger partial charge in [-0.2, -0.15) is 0 Å². The van der Waals surface area contributed by atoms with Gasteiger partial charge in [0.05, 0.1) is 6.61 Å². The van der Waals surface area contributed by atoms with Gasteiger partial charge in [0.15, 0.2) is 0 Å². The third-order valence-electron chi connectivity index (χ3n) is 4.22. The number of benzene rings is 1. The summed E-state index contributed by atoms with van der Waals surface area (Å²) in [4.78, 5) is 10.8. The summed E-state index contributed by atoms with van der Waals surface area (Å²) >= 11 is 0. The minimum absolute atomic E-state index is 0.0895. The highest BCUT2D eigenvalue weighted by Crippen LogP contribution is 2.14. The second-order valence-corrected chi connectivity index (χ2v) is 6.71. The molecule has 0 bridgehead atoms. The number of hydrogen-bond donors (Lipinski definition) is 2. The summed E-state index contributed by atoms with van der Waals surface area (Å²) in [5.41, 5.74) is 6.55. The zero-order chi connectivity index (χ0) is 18.2. The summed E-state index contributed by atoms with van der Waals surface area (Å²) in [6, 6.07) is 8.00. The van der Waals surface area contributed by atoms with Crippen molar-refractivity contribution in [3.63, 3.8) is 0 Å². The van der Waals surface area contributed by atoms with Crippen molar-refractivity contribution in [3.05, 3.63) is 29.8 Å². The first-order valence-electron chi connectivity index (χ1n) is 9.93. The molecule has 1 rings (SSSR count). The predicted octanol–water partition coefficient (Wildman–Crippen LogP) is 5.13. The SMILES string of the molecule is CCCCCCCCCCCCOc1cccc(CNNC(C)=O)c1. The van der Waals surface area contributed by atoms with Crippen LogP contribution in [0.3, 0.4) is 0 Å². The number of rotatable bonds is 15. The van der Waals surface area contributed by atoms with E-state index in [1.54, 1.807) is 0 Å². The fourth-order valence-corrected chi connectivity index (χ4v) is 2.80. The smallest absolute Gasteiger partial charge is 0.230 e.